The third-order valence-corrected chi connectivity index (χ3v) is 5.81. The highest BCUT2D eigenvalue weighted by Gasteiger charge is 2.19. The number of benzene rings is 2. The molecule has 0 spiro atoms. The summed E-state index contributed by atoms with van der Waals surface area (Å²) in [6.45, 7) is 1.74. The Kier molecular flexibility index (Phi) is 5.96. The van der Waals surface area contributed by atoms with Gasteiger partial charge in [0.2, 0.25) is 0 Å². The van der Waals surface area contributed by atoms with Gasteiger partial charge in [0.05, 0.1) is 10.6 Å². The van der Waals surface area contributed by atoms with Gasteiger partial charge in [0.1, 0.15) is 11.5 Å². The van der Waals surface area contributed by atoms with Crippen molar-refractivity contribution >= 4 is 33.1 Å². The molecule has 1 amide bonds. The van der Waals surface area contributed by atoms with Crippen LogP contribution in [0.2, 0.25) is 5.02 Å². The standard InChI is InChI=1S/C20H17ClN2O4S/c1-14(15-7-9-16(21)10-8-15)22-23-20(24)19-12-11-17(27-19)13-28(25,26)18-5-3-2-4-6-18/h2-12H,13H2,1H3,(H,23,24)/b22-14-. The molecule has 0 saturated heterocycles. The van der Waals surface area contributed by atoms with E-state index in [-0.39, 0.29) is 22.2 Å². The molecule has 2 aromatic carbocycles. The van der Waals surface area contributed by atoms with Crippen LogP contribution in [0.3, 0.4) is 0 Å². The van der Waals surface area contributed by atoms with Gasteiger partial charge in [0, 0.05) is 5.02 Å². The first kappa shape index (κ1) is 19.9. The first-order valence-electron chi connectivity index (χ1n) is 8.32. The van der Waals surface area contributed by atoms with E-state index in [0.29, 0.717) is 10.7 Å². The molecule has 6 nitrogen and oxygen atoms in total. The number of amides is 1. The average molecular weight is 417 g/mol. The smallest absolute Gasteiger partial charge is 0.307 e. The zero-order valence-electron chi connectivity index (χ0n) is 14.9. The zero-order valence-corrected chi connectivity index (χ0v) is 16.5. The predicted molar refractivity (Wildman–Crippen MR) is 107 cm³/mol. The molecule has 8 heteroatoms. The number of sulfone groups is 1. The summed E-state index contributed by atoms with van der Waals surface area (Å²) in [5.41, 5.74) is 3.78. The van der Waals surface area contributed by atoms with Crippen molar-refractivity contribution in [3.8, 4) is 0 Å². The lowest BCUT2D eigenvalue weighted by molar-refractivity contribution is 0.0925. The van der Waals surface area contributed by atoms with Crippen LogP contribution in [-0.2, 0) is 15.6 Å². The van der Waals surface area contributed by atoms with Gasteiger partial charge in [-0.15, -0.1) is 0 Å². The Hall–Kier alpha value is -2.90. The fourth-order valence-corrected chi connectivity index (χ4v) is 3.82. The second-order valence-corrected chi connectivity index (χ2v) is 8.41. The van der Waals surface area contributed by atoms with Gasteiger partial charge in [-0.1, -0.05) is 41.9 Å². The van der Waals surface area contributed by atoms with E-state index >= 15 is 0 Å². The Morgan fingerprint density at radius 2 is 1.71 bits per heavy atom. The van der Waals surface area contributed by atoms with Crippen molar-refractivity contribution < 1.29 is 17.6 Å². The van der Waals surface area contributed by atoms with E-state index in [1.54, 1.807) is 49.4 Å². The fraction of sp³-hybridized carbons (Fsp3) is 0.100. The zero-order chi connectivity index (χ0) is 20.1. The van der Waals surface area contributed by atoms with Gasteiger partial charge in [0.15, 0.2) is 15.6 Å². The first-order chi connectivity index (χ1) is 13.3. The molecule has 3 aromatic rings. The van der Waals surface area contributed by atoms with E-state index in [4.69, 9.17) is 16.0 Å². The molecule has 0 aliphatic rings. The number of hydrogen-bond donors (Lipinski definition) is 1. The summed E-state index contributed by atoms with van der Waals surface area (Å²) in [5.74, 6) is -0.757. The van der Waals surface area contributed by atoms with Crippen LogP contribution in [0.1, 0.15) is 28.8 Å². The molecule has 0 bridgehead atoms. The SMILES string of the molecule is C/C(=N/NC(=O)c1ccc(CS(=O)(=O)c2ccccc2)o1)c1ccc(Cl)cc1. The number of nitrogens with zero attached hydrogens (tertiary/aromatic N) is 1. The van der Waals surface area contributed by atoms with E-state index in [9.17, 15) is 13.2 Å². The molecule has 1 aromatic heterocycles. The van der Waals surface area contributed by atoms with Gasteiger partial charge >= 0.3 is 5.91 Å². The van der Waals surface area contributed by atoms with Crippen LogP contribution < -0.4 is 5.43 Å². The molecule has 3 rings (SSSR count). The number of rotatable bonds is 6. The van der Waals surface area contributed by atoms with Gasteiger partial charge in [0.25, 0.3) is 0 Å². The Bertz CT molecular complexity index is 1100. The van der Waals surface area contributed by atoms with Gasteiger partial charge in [-0.3, -0.25) is 4.79 Å². The molecule has 0 unspecified atom stereocenters. The van der Waals surface area contributed by atoms with E-state index in [1.807, 2.05) is 0 Å². The number of carbonyl (C=O) groups excluding carboxylic acids is 1. The van der Waals surface area contributed by atoms with Crippen molar-refractivity contribution in [3.05, 3.63) is 88.8 Å². The summed E-state index contributed by atoms with van der Waals surface area (Å²) in [7, 11) is -3.55. The number of carbonyl (C=O) groups is 1. The van der Waals surface area contributed by atoms with Crippen LogP contribution in [0.25, 0.3) is 0 Å². The maximum absolute atomic E-state index is 12.4. The molecule has 0 radical (unpaired) electrons. The minimum absolute atomic E-state index is 0.0223. The monoisotopic (exact) mass is 416 g/mol. The van der Waals surface area contributed by atoms with Gasteiger partial charge < -0.3 is 4.42 Å². The van der Waals surface area contributed by atoms with Crippen molar-refractivity contribution in [2.75, 3.05) is 0 Å². The molecule has 1 N–H and O–H groups in total. The highest BCUT2D eigenvalue weighted by atomic mass is 35.5. The number of hydrazone groups is 1. The molecular formula is C20H17ClN2O4S. The summed E-state index contributed by atoms with van der Waals surface area (Å²) in [6, 6.07) is 18.0. The lowest BCUT2D eigenvalue weighted by atomic mass is 10.1. The van der Waals surface area contributed by atoms with Crippen LogP contribution in [0.15, 0.2) is 81.1 Å². The van der Waals surface area contributed by atoms with Crippen LogP contribution >= 0.6 is 11.6 Å². The maximum atomic E-state index is 12.4. The Morgan fingerprint density at radius 3 is 2.39 bits per heavy atom. The van der Waals surface area contributed by atoms with E-state index in [0.717, 1.165) is 5.56 Å². The first-order valence-corrected chi connectivity index (χ1v) is 10.4. The number of halogens is 1. The molecule has 28 heavy (non-hydrogen) atoms. The van der Waals surface area contributed by atoms with Gasteiger partial charge in [-0.05, 0) is 48.9 Å². The molecule has 0 atom stereocenters. The minimum Gasteiger partial charge on any atom is -0.455 e. The third-order valence-electron chi connectivity index (χ3n) is 3.91. The highest BCUT2D eigenvalue weighted by Crippen LogP contribution is 2.18. The summed E-state index contributed by atoms with van der Waals surface area (Å²) < 4.78 is 30.1. The topological polar surface area (TPSA) is 88.7 Å². The summed E-state index contributed by atoms with van der Waals surface area (Å²) in [6.07, 6.45) is 0. The van der Waals surface area contributed by atoms with Crippen LogP contribution in [0.4, 0.5) is 0 Å². The second-order valence-electron chi connectivity index (χ2n) is 5.98. The minimum atomic E-state index is -3.55. The molecular weight excluding hydrogens is 400 g/mol. The number of hydrogen-bond acceptors (Lipinski definition) is 5. The van der Waals surface area contributed by atoms with Crippen LogP contribution in [0.5, 0.6) is 0 Å². The van der Waals surface area contributed by atoms with Gasteiger partial charge in [-0.2, -0.15) is 5.10 Å². The average Bonchev–Trinajstić information content (AvgIpc) is 3.15. The molecule has 144 valence electrons. The lowest BCUT2D eigenvalue weighted by Crippen LogP contribution is -2.18. The lowest BCUT2D eigenvalue weighted by Gasteiger charge is -2.03. The number of nitrogens with one attached hydrogen (secondary N) is 1. The number of furan rings is 1. The van der Waals surface area contributed by atoms with Crippen LogP contribution in [0, 0.1) is 0 Å². The van der Waals surface area contributed by atoms with Crippen LogP contribution in [-0.4, -0.2) is 20.0 Å². The van der Waals surface area contributed by atoms with E-state index < -0.39 is 15.7 Å². The molecule has 0 saturated carbocycles. The Balaban J connectivity index is 1.67. The van der Waals surface area contributed by atoms with Crippen molar-refractivity contribution in [2.24, 2.45) is 5.10 Å². The van der Waals surface area contributed by atoms with Crippen molar-refractivity contribution in [2.45, 2.75) is 17.6 Å². The Morgan fingerprint density at radius 1 is 1.04 bits per heavy atom. The molecule has 0 aliphatic heterocycles. The van der Waals surface area contributed by atoms with E-state index in [1.165, 1.54) is 24.3 Å². The fourth-order valence-electron chi connectivity index (χ4n) is 2.42. The maximum Gasteiger partial charge on any atom is 0.307 e. The summed E-state index contributed by atoms with van der Waals surface area (Å²) in [4.78, 5) is 12.4. The molecule has 1 heterocycles. The largest absolute Gasteiger partial charge is 0.455 e. The summed E-state index contributed by atoms with van der Waals surface area (Å²) >= 11 is 5.85. The molecule has 0 aliphatic carbocycles. The predicted octanol–water partition coefficient (Wildman–Crippen LogP) is 4.06. The summed E-state index contributed by atoms with van der Waals surface area (Å²) in [5, 5.41) is 4.63. The second kappa shape index (κ2) is 8.41. The van der Waals surface area contributed by atoms with Crippen molar-refractivity contribution in [1.82, 2.24) is 5.43 Å². The highest BCUT2D eigenvalue weighted by molar-refractivity contribution is 7.90. The van der Waals surface area contributed by atoms with Crippen molar-refractivity contribution in [3.63, 3.8) is 0 Å². The van der Waals surface area contributed by atoms with Crippen molar-refractivity contribution in [1.29, 1.82) is 0 Å². The molecule has 0 fully saturated rings. The van der Waals surface area contributed by atoms with E-state index in [2.05, 4.69) is 10.5 Å². The Labute approximate surface area is 167 Å². The third kappa shape index (κ3) is 4.88. The normalized spacial score (nSPS) is 12.0. The van der Waals surface area contributed by atoms with Gasteiger partial charge in [-0.25, -0.2) is 13.8 Å². The quantitative estimate of drug-likeness (QED) is 0.484.